The predicted molar refractivity (Wildman–Crippen MR) is 99.3 cm³/mol. The molecule has 0 amide bonds. The number of hydrogen-bond donors (Lipinski definition) is 0. The summed E-state index contributed by atoms with van der Waals surface area (Å²) in [6, 6.07) is 16.0. The molecule has 1 aliphatic heterocycles. The van der Waals surface area contributed by atoms with Crippen LogP contribution in [0.2, 0.25) is 0 Å². The second-order valence-electron chi connectivity index (χ2n) is 6.31. The molecule has 4 heteroatoms. The molecular weight excluding hydrogens is 298 g/mol. The summed E-state index contributed by atoms with van der Waals surface area (Å²) in [5.74, 6) is 0.801. The fourth-order valence-corrected chi connectivity index (χ4v) is 3.17. The minimum absolute atomic E-state index is 0.0574. The van der Waals surface area contributed by atoms with E-state index in [0.29, 0.717) is 11.9 Å². The molecule has 0 saturated carbocycles. The van der Waals surface area contributed by atoms with E-state index in [1.54, 1.807) is 4.57 Å². The lowest BCUT2D eigenvalue weighted by molar-refractivity contribution is 0.725. The van der Waals surface area contributed by atoms with Gasteiger partial charge >= 0.3 is 0 Å². The third-order valence-corrected chi connectivity index (χ3v) is 4.50. The maximum absolute atomic E-state index is 12.6. The zero-order chi connectivity index (χ0) is 16.7. The topological polar surface area (TPSA) is 38.1 Å². The van der Waals surface area contributed by atoms with Crippen LogP contribution in [0.25, 0.3) is 22.6 Å². The van der Waals surface area contributed by atoms with Crippen LogP contribution < -0.4 is 10.5 Å². The van der Waals surface area contributed by atoms with Crippen LogP contribution in [-0.4, -0.2) is 23.6 Å². The maximum atomic E-state index is 12.6. The standard InChI is InChI=1S/C20H19N3O/c1-22(2)16-9-7-14(8-10-16)13-15-11-12-23-19(15)21-18-6-4-3-5-17(18)20(23)24/h3-10,13H,11-12H2,1-2H3/b15-13-. The van der Waals surface area contributed by atoms with Gasteiger partial charge in [0.05, 0.1) is 10.9 Å². The third kappa shape index (κ3) is 2.40. The van der Waals surface area contributed by atoms with Crippen molar-refractivity contribution in [1.82, 2.24) is 9.55 Å². The Kier molecular flexibility index (Phi) is 3.45. The van der Waals surface area contributed by atoms with E-state index in [4.69, 9.17) is 4.98 Å². The SMILES string of the molecule is CN(C)c1ccc(/C=C2/CCn3c2nc2ccccc2c3=O)cc1. The van der Waals surface area contributed by atoms with E-state index >= 15 is 0 Å². The second-order valence-corrected chi connectivity index (χ2v) is 6.31. The first-order valence-electron chi connectivity index (χ1n) is 8.11. The highest BCUT2D eigenvalue weighted by Gasteiger charge is 2.20. The van der Waals surface area contributed by atoms with Gasteiger partial charge < -0.3 is 4.90 Å². The lowest BCUT2D eigenvalue weighted by Crippen LogP contribution is -2.20. The van der Waals surface area contributed by atoms with Crippen LogP contribution in [0, 0.1) is 0 Å². The molecule has 1 aliphatic rings. The molecule has 0 saturated heterocycles. The number of anilines is 1. The van der Waals surface area contributed by atoms with Gasteiger partial charge in [0, 0.05) is 26.3 Å². The van der Waals surface area contributed by atoms with E-state index in [0.717, 1.165) is 28.9 Å². The van der Waals surface area contributed by atoms with Crippen LogP contribution in [0.5, 0.6) is 0 Å². The predicted octanol–water partition coefficient (Wildman–Crippen LogP) is 3.41. The molecule has 0 aliphatic carbocycles. The van der Waals surface area contributed by atoms with Crippen molar-refractivity contribution in [2.75, 3.05) is 19.0 Å². The maximum Gasteiger partial charge on any atom is 0.261 e. The molecule has 3 aromatic rings. The molecule has 120 valence electrons. The van der Waals surface area contributed by atoms with Crippen molar-refractivity contribution in [3.05, 3.63) is 70.3 Å². The summed E-state index contributed by atoms with van der Waals surface area (Å²) in [6.45, 7) is 0.702. The van der Waals surface area contributed by atoms with Gasteiger partial charge in [-0.05, 0) is 47.9 Å². The third-order valence-electron chi connectivity index (χ3n) is 4.50. The van der Waals surface area contributed by atoms with E-state index in [-0.39, 0.29) is 5.56 Å². The van der Waals surface area contributed by atoms with E-state index in [1.807, 2.05) is 38.4 Å². The number of nitrogens with zero attached hydrogens (tertiary/aromatic N) is 3. The normalized spacial score (nSPS) is 15.0. The van der Waals surface area contributed by atoms with Gasteiger partial charge in [-0.15, -0.1) is 0 Å². The lowest BCUT2D eigenvalue weighted by Gasteiger charge is -2.12. The number of benzene rings is 2. The summed E-state index contributed by atoms with van der Waals surface area (Å²) in [4.78, 5) is 19.4. The Balaban J connectivity index is 1.79. The van der Waals surface area contributed by atoms with Crippen molar-refractivity contribution >= 4 is 28.2 Å². The van der Waals surface area contributed by atoms with Crippen molar-refractivity contribution in [1.29, 1.82) is 0 Å². The van der Waals surface area contributed by atoms with Crippen LogP contribution in [0.1, 0.15) is 17.8 Å². The van der Waals surface area contributed by atoms with E-state index in [2.05, 4.69) is 35.2 Å². The van der Waals surface area contributed by atoms with Crippen LogP contribution in [-0.2, 0) is 6.54 Å². The molecule has 0 N–H and O–H groups in total. The summed E-state index contributed by atoms with van der Waals surface area (Å²) in [7, 11) is 4.06. The first-order chi connectivity index (χ1) is 11.6. The second kappa shape index (κ2) is 5.64. The number of allylic oxidation sites excluding steroid dienone is 1. The smallest absolute Gasteiger partial charge is 0.261 e. The van der Waals surface area contributed by atoms with Gasteiger partial charge in [0.15, 0.2) is 0 Å². The summed E-state index contributed by atoms with van der Waals surface area (Å²) in [5, 5.41) is 0.692. The van der Waals surface area contributed by atoms with E-state index in [9.17, 15) is 4.79 Å². The number of rotatable bonds is 2. The first kappa shape index (κ1) is 14.7. The summed E-state index contributed by atoms with van der Waals surface area (Å²) in [5.41, 5.74) is 4.25. The fourth-order valence-electron chi connectivity index (χ4n) is 3.17. The molecule has 4 rings (SSSR count). The van der Waals surface area contributed by atoms with Gasteiger partial charge in [-0.1, -0.05) is 24.3 Å². The molecule has 0 spiro atoms. The minimum atomic E-state index is 0.0574. The number of para-hydroxylation sites is 1. The molecule has 1 aromatic heterocycles. The molecule has 4 nitrogen and oxygen atoms in total. The van der Waals surface area contributed by atoms with Gasteiger partial charge in [0.25, 0.3) is 5.56 Å². The van der Waals surface area contributed by atoms with Crippen LogP contribution in [0.15, 0.2) is 53.3 Å². The highest BCUT2D eigenvalue weighted by atomic mass is 16.1. The van der Waals surface area contributed by atoms with Gasteiger partial charge in [-0.2, -0.15) is 0 Å². The molecule has 0 atom stereocenters. The minimum Gasteiger partial charge on any atom is -0.378 e. The Morgan fingerprint density at radius 1 is 1.08 bits per heavy atom. The van der Waals surface area contributed by atoms with Crippen molar-refractivity contribution in [3.63, 3.8) is 0 Å². The van der Waals surface area contributed by atoms with Gasteiger partial charge in [-0.25, -0.2) is 4.98 Å². The molecule has 0 unspecified atom stereocenters. The van der Waals surface area contributed by atoms with Crippen LogP contribution >= 0.6 is 0 Å². The Morgan fingerprint density at radius 2 is 1.83 bits per heavy atom. The zero-order valence-corrected chi connectivity index (χ0v) is 13.9. The van der Waals surface area contributed by atoms with Crippen molar-refractivity contribution in [3.8, 4) is 0 Å². The number of hydrogen-bond acceptors (Lipinski definition) is 3. The van der Waals surface area contributed by atoms with Gasteiger partial charge in [-0.3, -0.25) is 9.36 Å². The Bertz CT molecular complexity index is 998. The molecule has 0 bridgehead atoms. The first-order valence-corrected chi connectivity index (χ1v) is 8.11. The molecular formula is C20H19N3O. The monoisotopic (exact) mass is 317 g/mol. The average molecular weight is 317 g/mol. The molecule has 2 heterocycles. The van der Waals surface area contributed by atoms with Crippen LogP contribution in [0.4, 0.5) is 5.69 Å². The lowest BCUT2D eigenvalue weighted by atomic mass is 10.1. The van der Waals surface area contributed by atoms with Gasteiger partial charge in [0.2, 0.25) is 0 Å². The number of aromatic nitrogens is 2. The van der Waals surface area contributed by atoms with Crippen LogP contribution in [0.3, 0.4) is 0 Å². The number of fused-ring (bicyclic) bond motifs is 2. The largest absolute Gasteiger partial charge is 0.378 e. The Labute approximate surface area is 140 Å². The Hall–Kier alpha value is -2.88. The summed E-state index contributed by atoms with van der Waals surface area (Å²) in [6.07, 6.45) is 2.98. The molecule has 0 fully saturated rings. The molecule has 24 heavy (non-hydrogen) atoms. The zero-order valence-electron chi connectivity index (χ0n) is 13.9. The summed E-state index contributed by atoms with van der Waals surface area (Å²) < 4.78 is 1.79. The molecule has 0 radical (unpaired) electrons. The quantitative estimate of drug-likeness (QED) is 0.727. The van der Waals surface area contributed by atoms with E-state index in [1.165, 1.54) is 5.69 Å². The highest BCUT2D eigenvalue weighted by molar-refractivity contribution is 5.84. The van der Waals surface area contributed by atoms with Crippen molar-refractivity contribution < 1.29 is 0 Å². The highest BCUT2D eigenvalue weighted by Crippen LogP contribution is 2.27. The van der Waals surface area contributed by atoms with E-state index < -0.39 is 0 Å². The molecule has 2 aromatic carbocycles. The summed E-state index contributed by atoms with van der Waals surface area (Å²) >= 11 is 0. The Morgan fingerprint density at radius 3 is 2.58 bits per heavy atom. The average Bonchev–Trinajstić information content (AvgIpc) is 2.99. The fraction of sp³-hybridized carbons (Fsp3) is 0.200. The van der Waals surface area contributed by atoms with Crippen molar-refractivity contribution in [2.24, 2.45) is 0 Å². The van der Waals surface area contributed by atoms with Crippen molar-refractivity contribution in [2.45, 2.75) is 13.0 Å². The van der Waals surface area contributed by atoms with Gasteiger partial charge in [0.1, 0.15) is 5.82 Å².